The summed E-state index contributed by atoms with van der Waals surface area (Å²) in [6.45, 7) is 12.1. The number of para-hydroxylation sites is 1. The Balaban J connectivity index is 1.60. The summed E-state index contributed by atoms with van der Waals surface area (Å²) < 4.78 is 0. The van der Waals surface area contributed by atoms with Gasteiger partial charge in [-0.1, -0.05) is 32.0 Å². The van der Waals surface area contributed by atoms with E-state index in [1.807, 2.05) is 51.0 Å². The van der Waals surface area contributed by atoms with Crippen LogP contribution in [-0.4, -0.2) is 67.6 Å². The minimum atomic E-state index is 0.0416. The number of aryl methyl sites for hydroxylation is 2. The smallest absolute Gasteiger partial charge is 0.238 e. The average molecular weight is 411 g/mol. The molecule has 0 aliphatic carbocycles. The van der Waals surface area contributed by atoms with Gasteiger partial charge in [-0.3, -0.25) is 9.69 Å². The molecule has 0 bridgehead atoms. The number of piperazine rings is 1. The molecular weight excluding hydrogens is 376 g/mol. The zero-order valence-electron chi connectivity index (χ0n) is 19.1. The summed E-state index contributed by atoms with van der Waals surface area (Å²) >= 11 is 0. The molecule has 0 unspecified atom stereocenters. The van der Waals surface area contributed by atoms with Crippen LogP contribution in [0, 0.1) is 13.8 Å². The molecule has 1 fully saturated rings. The minimum Gasteiger partial charge on any atom is -0.354 e. The first-order valence-electron chi connectivity index (χ1n) is 10.6. The van der Waals surface area contributed by atoms with Gasteiger partial charge in [-0.05, 0) is 30.9 Å². The van der Waals surface area contributed by atoms with E-state index in [1.165, 1.54) is 0 Å². The molecule has 1 aromatic heterocycles. The number of amides is 1. The van der Waals surface area contributed by atoms with E-state index in [9.17, 15) is 4.79 Å². The Morgan fingerprint density at radius 1 is 1.10 bits per heavy atom. The van der Waals surface area contributed by atoms with Gasteiger partial charge >= 0.3 is 0 Å². The van der Waals surface area contributed by atoms with Crippen molar-refractivity contribution in [1.29, 1.82) is 0 Å². The Bertz CT molecular complexity index is 841. The van der Waals surface area contributed by atoms with Crippen molar-refractivity contribution < 1.29 is 4.79 Å². The lowest BCUT2D eigenvalue weighted by atomic mass is 10.1. The van der Waals surface area contributed by atoms with E-state index in [0.29, 0.717) is 12.5 Å². The number of aromatic nitrogens is 2. The van der Waals surface area contributed by atoms with Gasteiger partial charge < -0.3 is 15.1 Å². The number of carbonyl (C=O) groups is 1. The molecule has 1 aliphatic heterocycles. The average Bonchev–Trinajstić information content (AvgIpc) is 2.71. The van der Waals surface area contributed by atoms with Crippen molar-refractivity contribution in [1.82, 2.24) is 14.9 Å². The monoisotopic (exact) mass is 410 g/mol. The molecule has 1 aromatic carbocycles. The molecule has 1 amide bonds. The normalized spacial score (nSPS) is 14.8. The van der Waals surface area contributed by atoms with Crippen molar-refractivity contribution in [3.05, 3.63) is 41.1 Å². The molecule has 30 heavy (non-hydrogen) atoms. The summed E-state index contributed by atoms with van der Waals surface area (Å²) in [6, 6.07) is 8.16. The highest BCUT2D eigenvalue weighted by molar-refractivity contribution is 5.93. The topological polar surface area (TPSA) is 64.6 Å². The van der Waals surface area contributed by atoms with Crippen molar-refractivity contribution in [2.75, 3.05) is 61.9 Å². The van der Waals surface area contributed by atoms with E-state index in [-0.39, 0.29) is 5.91 Å². The Hall–Kier alpha value is -2.67. The second kappa shape index (κ2) is 9.43. The fourth-order valence-corrected chi connectivity index (χ4v) is 3.63. The van der Waals surface area contributed by atoms with Crippen LogP contribution < -0.4 is 15.1 Å². The highest BCUT2D eigenvalue weighted by atomic mass is 16.2. The van der Waals surface area contributed by atoms with E-state index in [4.69, 9.17) is 4.98 Å². The van der Waals surface area contributed by atoms with Gasteiger partial charge in [-0.25, -0.2) is 4.98 Å². The van der Waals surface area contributed by atoms with Crippen LogP contribution in [0.1, 0.15) is 36.6 Å². The molecule has 162 valence electrons. The molecule has 3 rings (SSSR count). The molecule has 7 heteroatoms. The molecule has 1 saturated heterocycles. The van der Waals surface area contributed by atoms with E-state index in [0.717, 1.165) is 60.5 Å². The summed E-state index contributed by atoms with van der Waals surface area (Å²) in [6.07, 6.45) is 0. The minimum absolute atomic E-state index is 0.0416. The summed E-state index contributed by atoms with van der Waals surface area (Å²) in [5.41, 5.74) is 4.17. The number of carbonyl (C=O) groups excluding carboxylic acids is 1. The van der Waals surface area contributed by atoms with Gasteiger partial charge in [0, 0.05) is 52.0 Å². The lowest BCUT2D eigenvalue weighted by Gasteiger charge is -2.35. The number of rotatable bonds is 6. The Kier molecular flexibility index (Phi) is 6.92. The molecule has 1 N–H and O–H groups in total. The third kappa shape index (κ3) is 5.27. The molecule has 0 spiro atoms. The molecule has 0 saturated carbocycles. The van der Waals surface area contributed by atoms with E-state index < -0.39 is 0 Å². The van der Waals surface area contributed by atoms with Gasteiger partial charge in [-0.2, -0.15) is 4.98 Å². The highest BCUT2D eigenvalue weighted by Gasteiger charge is 2.22. The molecule has 7 nitrogen and oxygen atoms in total. The zero-order chi connectivity index (χ0) is 21.8. The fourth-order valence-electron chi connectivity index (χ4n) is 3.63. The van der Waals surface area contributed by atoms with Crippen LogP contribution in [0.2, 0.25) is 0 Å². The van der Waals surface area contributed by atoms with Gasteiger partial charge in [0.15, 0.2) is 0 Å². The summed E-state index contributed by atoms with van der Waals surface area (Å²) in [7, 11) is 3.94. The zero-order valence-corrected chi connectivity index (χ0v) is 19.1. The first-order valence-corrected chi connectivity index (χ1v) is 10.6. The predicted octanol–water partition coefficient (Wildman–Crippen LogP) is 3.04. The lowest BCUT2D eigenvalue weighted by Crippen LogP contribution is -2.49. The third-order valence-electron chi connectivity index (χ3n) is 5.52. The number of hydrogen-bond donors (Lipinski definition) is 1. The van der Waals surface area contributed by atoms with Crippen molar-refractivity contribution in [2.45, 2.75) is 33.6 Å². The molecular formula is C23H34N6O. The SMILES string of the molecule is Cc1cccc(C)c1NC(=O)CN1CCN(c2cc(C(C)C)nc(N(C)C)n2)CC1. The fraction of sp³-hybridized carbons (Fsp3) is 0.522. The van der Waals surface area contributed by atoms with Crippen LogP contribution in [0.25, 0.3) is 0 Å². The molecule has 0 radical (unpaired) electrons. The van der Waals surface area contributed by atoms with Crippen molar-refractivity contribution in [3.8, 4) is 0 Å². The van der Waals surface area contributed by atoms with Gasteiger partial charge in [0.2, 0.25) is 11.9 Å². The number of nitrogens with zero attached hydrogens (tertiary/aromatic N) is 5. The maximum absolute atomic E-state index is 12.6. The van der Waals surface area contributed by atoms with Gasteiger partial charge in [-0.15, -0.1) is 0 Å². The third-order valence-corrected chi connectivity index (χ3v) is 5.52. The van der Waals surface area contributed by atoms with Crippen molar-refractivity contribution >= 4 is 23.4 Å². The van der Waals surface area contributed by atoms with Crippen LogP contribution in [0.5, 0.6) is 0 Å². The summed E-state index contributed by atoms with van der Waals surface area (Å²) in [5.74, 6) is 2.10. The van der Waals surface area contributed by atoms with Gasteiger partial charge in [0.25, 0.3) is 0 Å². The number of nitrogens with one attached hydrogen (secondary N) is 1. The Morgan fingerprint density at radius 3 is 2.30 bits per heavy atom. The number of anilines is 3. The quantitative estimate of drug-likeness (QED) is 0.790. The Morgan fingerprint density at radius 2 is 1.73 bits per heavy atom. The van der Waals surface area contributed by atoms with Crippen LogP contribution in [0.4, 0.5) is 17.5 Å². The molecule has 1 aliphatic rings. The second-order valence-corrected chi connectivity index (χ2v) is 8.58. The molecule has 2 aromatic rings. The number of benzene rings is 1. The second-order valence-electron chi connectivity index (χ2n) is 8.58. The van der Waals surface area contributed by atoms with Crippen molar-refractivity contribution in [2.24, 2.45) is 0 Å². The van der Waals surface area contributed by atoms with Crippen LogP contribution in [0.3, 0.4) is 0 Å². The molecule has 0 atom stereocenters. The van der Waals surface area contributed by atoms with Crippen molar-refractivity contribution in [3.63, 3.8) is 0 Å². The summed E-state index contributed by atoms with van der Waals surface area (Å²) in [5, 5.41) is 3.09. The van der Waals surface area contributed by atoms with Crippen LogP contribution >= 0.6 is 0 Å². The largest absolute Gasteiger partial charge is 0.354 e. The van der Waals surface area contributed by atoms with Crippen LogP contribution in [-0.2, 0) is 4.79 Å². The van der Waals surface area contributed by atoms with Gasteiger partial charge in [0.05, 0.1) is 12.2 Å². The maximum Gasteiger partial charge on any atom is 0.238 e. The predicted molar refractivity (Wildman–Crippen MR) is 124 cm³/mol. The maximum atomic E-state index is 12.6. The lowest BCUT2D eigenvalue weighted by molar-refractivity contribution is -0.117. The van der Waals surface area contributed by atoms with E-state index in [2.05, 4.69) is 40.0 Å². The first kappa shape index (κ1) is 22.0. The summed E-state index contributed by atoms with van der Waals surface area (Å²) in [4.78, 5) is 28.4. The van der Waals surface area contributed by atoms with E-state index in [1.54, 1.807) is 0 Å². The molecule has 2 heterocycles. The first-order chi connectivity index (χ1) is 14.2. The van der Waals surface area contributed by atoms with Gasteiger partial charge in [0.1, 0.15) is 5.82 Å². The van der Waals surface area contributed by atoms with Crippen LogP contribution in [0.15, 0.2) is 24.3 Å². The number of hydrogen-bond acceptors (Lipinski definition) is 6. The Labute approximate surface area is 180 Å². The highest BCUT2D eigenvalue weighted by Crippen LogP contribution is 2.23. The standard InChI is InChI=1S/C23H34N6O/c1-16(2)19-14-20(25-23(24-19)27(5)6)29-12-10-28(11-13-29)15-21(30)26-22-17(3)8-7-9-18(22)4/h7-9,14,16H,10-13,15H2,1-6H3,(H,26,30). The van der Waals surface area contributed by atoms with E-state index >= 15 is 0 Å².